The lowest BCUT2D eigenvalue weighted by Gasteiger charge is -2.40. The van der Waals surface area contributed by atoms with E-state index in [9.17, 15) is 17.6 Å². The van der Waals surface area contributed by atoms with Crippen molar-refractivity contribution in [2.75, 3.05) is 51.3 Å². The van der Waals surface area contributed by atoms with Crippen LogP contribution in [0, 0.1) is 17.5 Å². The van der Waals surface area contributed by atoms with Crippen molar-refractivity contribution in [1.82, 2.24) is 14.8 Å². The van der Waals surface area contributed by atoms with E-state index in [0.717, 1.165) is 12.1 Å². The highest BCUT2D eigenvalue weighted by Gasteiger charge is 2.41. The van der Waals surface area contributed by atoms with Crippen LogP contribution in [0.1, 0.15) is 29.3 Å². The van der Waals surface area contributed by atoms with Crippen LogP contribution in [0.4, 0.5) is 32.0 Å². The summed E-state index contributed by atoms with van der Waals surface area (Å²) < 4.78 is 85.8. The smallest absolute Gasteiger partial charge is 0.283 e. The average molecular weight is 527 g/mol. The number of aliphatic hydroxyl groups is 1. The molecule has 0 bridgehead atoms. The molecule has 3 N–H and O–H groups in total. The molecule has 0 radical (unpaired) electrons. The largest absolute Gasteiger partial charge is 0.390 e. The van der Waals surface area contributed by atoms with Crippen molar-refractivity contribution in [3.63, 3.8) is 0 Å². The number of aromatic nitrogens is 1. The Bertz CT molecular complexity index is 1250. The first-order chi connectivity index (χ1) is 17.7. The van der Waals surface area contributed by atoms with Crippen molar-refractivity contribution in [2.24, 2.45) is 0 Å². The minimum absolute atomic E-state index is 0.0473. The van der Waals surface area contributed by atoms with Gasteiger partial charge in [-0.3, -0.25) is 14.2 Å². The molecule has 0 saturated carbocycles. The summed E-state index contributed by atoms with van der Waals surface area (Å²) in [5.74, 6) is -5.80. The molecule has 0 amide bonds. The van der Waals surface area contributed by atoms with Crippen molar-refractivity contribution in [1.29, 1.82) is 0 Å². The number of aromatic amines is 1. The lowest BCUT2D eigenvalue weighted by molar-refractivity contribution is -0.0791. The SMILES string of the molecule is OCC(F)(F)CN1CCc2c([nH]c3cc(F)ccc23)[C@@H]1c1c(F)cc(NC2CN(CCCF)C2)cc1F. The molecule has 11 heteroatoms. The Morgan fingerprint density at radius 2 is 1.81 bits per heavy atom. The number of nitrogens with one attached hydrogen (secondary N) is 2. The molecular weight excluding hydrogens is 498 g/mol. The van der Waals surface area contributed by atoms with Gasteiger partial charge in [-0.15, -0.1) is 0 Å². The average Bonchev–Trinajstić information content (AvgIpc) is 3.18. The Morgan fingerprint density at radius 3 is 2.49 bits per heavy atom. The minimum Gasteiger partial charge on any atom is -0.390 e. The van der Waals surface area contributed by atoms with Gasteiger partial charge in [0.1, 0.15) is 24.1 Å². The molecule has 0 spiro atoms. The summed E-state index contributed by atoms with van der Waals surface area (Å²) in [5.41, 5.74) is 1.24. The highest BCUT2D eigenvalue weighted by Crippen LogP contribution is 2.42. The summed E-state index contributed by atoms with van der Waals surface area (Å²) >= 11 is 0. The van der Waals surface area contributed by atoms with Gasteiger partial charge in [0, 0.05) is 54.0 Å². The fourth-order valence-corrected chi connectivity index (χ4v) is 5.45. The maximum absolute atomic E-state index is 15.5. The normalized spacial score (nSPS) is 19.3. The quantitative estimate of drug-likeness (QED) is 0.357. The van der Waals surface area contributed by atoms with E-state index < -0.39 is 54.8 Å². The summed E-state index contributed by atoms with van der Waals surface area (Å²) in [6.45, 7) is -0.803. The van der Waals surface area contributed by atoms with Crippen molar-refractivity contribution in [2.45, 2.75) is 30.8 Å². The Hall–Kier alpha value is -2.76. The molecule has 1 aromatic heterocycles. The van der Waals surface area contributed by atoms with E-state index in [1.165, 1.54) is 17.0 Å². The molecular formula is C26H28F6N4O. The van der Waals surface area contributed by atoms with E-state index in [-0.39, 0.29) is 18.3 Å². The number of hydrogen-bond acceptors (Lipinski definition) is 4. The predicted molar refractivity (Wildman–Crippen MR) is 128 cm³/mol. The van der Waals surface area contributed by atoms with Gasteiger partial charge in [-0.05, 0) is 48.7 Å². The summed E-state index contributed by atoms with van der Waals surface area (Å²) in [6, 6.07) is 5.10. The van der Waals surface area contributed by atoms with Crippen LogP contribution >= 0.6 is 0 Å². The first-order valence-electron chi connectivity index (χ1n) is 12.3. The number of halogens is 6. The molecule has 5 nitrogen and oxygen atoms in total. The highest BCUT2D eigenvalue weighted by atomic mass is 19.3. The van der Waals surface area contributed by atoms with Gasteiger partial charge in [0.05, 0.1) is 25.3 Å². The molecule has 2 aliphatic heterocycles. The maximum atomic E-state index is 15.5. The number of likely N-dealkylation sites (tertiary alicyclic amines) is 1. The second-order valence-electron chi connectivity index (χ2n) is 9.84. The van der Waals surface area contributed by atoms with E-state index in [0.29, 0.717) is 54.6 Å². The van der Waals surface area contributed by atoms with Gasteiger partial charge >= 0.3 is 0 Å². The van der Waals surface area contributed by atoms with Crippen molar-refractivity contribution in [3.8, 4) is 0 Å². The van der Waals surface area contributed by atoms with Crippen molar-refractivity contribution >= 4 is 16.6 Å². The van der Waals surface area contributed by atoms with Crippen molar-refractivity contribution < 1.29 is 31.4 Å². The molecule has 1 fully saturated rings. The van der Waals surface area contributed by atoms with E-state index in [4.69, 9.17) is 5.11 Å². The van der Waals surface area contributed by atoms with Gasteiger partial charge in [0.2, 0.25) is 0 Å². The Balaban J connectivity index is 1.48. The number of hydrogen-bond donors (Lipinski definition) is 3. The van der Waals surface area contributed by atoms with Gasteiger partial charge in [-0.25, -0.2) is 22.0 Å². The van der Waals surface area contributed by atoms with Crippen molar-refractivity contribution in [3.05, 3.63) is 64.6 Å². The number of anilines is 1. The van der Waals surface area contributed by atoms with Crippen LogP contribution in [0.15, 0.2) is 30.3 Å². The zero-order chi connectivity index (χ0) is 26.3. The number of benzene rings is 2. The highest BCUT2D eigenvalue weighted by molar-refractivity contribution is 5.85. The minimum atomic E-state index is -3.49. The number of alkyl halides is 3. The lowest BCUT2D eigenvalue weighted by Crippen LogP contribution is -2.54. The molecule has 1 saturated heterocycles. The van der Waals surface area contributed by atoms with E-state index in [2.05, 4.69) is 10.3 Å². The number of H-pyrrole nitrogens is 1. The molecule has 2 aromatic carbocycles. The first kappa shape index (κ1) is 25.9. The van der Waals surface area contributed by atoms with Crippen LogP contribution in [-0.2, 0) is 6.42 Å². The third kappa shape index (κ3) is 5.17. The molecule has 3 aromatic rings. The van der Waals surface area contributed by atoms with Gasteiger partial charge in [0.15, 0.2) is 0 Å². The topological polar surface area (TPSA) is 54.5 Å². The molecule has 3 heterocycles. The van der Waals surface area contributed by atoms with Crippen LogP contribution in [0.5, 0.6) is 0 Å². The summed E-state index contributed by atoms with van der Waals surface area (Å²) in [4.78, 5) is 6.28. The third-order valence-electron chi connectivity index (χ3n) is 7.14. The fourth-order valence-electron chi connectivity index (χ4n) is 5.45. The Labute approximate surface area is 210 Å². The van der Waals surface area contributed by atoms with Gasteiger partial charge in [-0.1, -0.05) is 0 Å². The number of rotatable bonds is 9. The third-order valence-corrected chi connectivity index (χ3v) is 7.14. The van der Waals surface area contributed by atoms with E-state index in [1.807, 2.05) is 4.90 Å². The maximum Gasteiger partial charge on any atom is 0.283 e. The number of fused-ring (bicyclic) bond motifs is 3. The first-order valence-corrected chi connectivity index (χ1v) is 12.3. The summed E-state index contributed by atoms with van der Waals surface area (Å²) in [6.07, 6.45) is 0.739. The Morgan fingerprint density at radius 1 is 1.08 bits per heavy atom. The molecule has 0 aliphatic carbocycles. The van der Waals surface area contributed by atoms with Gasteiger partial charge in [-0.2, -0.15) is 0 Å². The monoisotopic (exact) mass is 526 g/mol. The molecule has 200 valence electrons. The van der Waals surface area contributed by atoms with E-state index >= 15 is 8.78 Å². The molecule has 0 unspecified atom stereocenters. The van der Waals surface area contributed by atoms with Gasteiger partial charge < -0.3 is 15.4 Å². The standard InChI is InChI=1S/C26H28F6N4O/c27-5-1-6-35-11-17(12-35)33-16-9-20(29)23(21(30)10-16)25-24-19(4-7-36(25)13-26(31,32)14-37)18-3-2-15(28)8-22(18)34-24/h2-3,8-10,17,25,33-34,37H,1,4-7,11-14H2/t25-/m0/s1. The Kier molecular flexibility index (Phi) is 7.12. The predicted octanol–water partition coefficient (Wildman–Crippen LogP) is 4.62. The van der Waals surface area contributed by atoms with E-state index in [1.54, 1.807) is 6.07 Å². The molecule has 1 atom stereocenters. The number of nitrogens with zero attached hydrogens (tertiary/aromatic N) is 2. The van der Waals surface area contributed by atoms with Crippen LogP contribution in [0.3, 0.4) is 0 Å². The zero-order valence-electron chi connectivity index (χ0n) is 20.0. The summed E-state index contributed by atoms with van der Waals surface area (Å²) in [5, 5.41) is 12.9. The van der Waals surface area contributed by atoms with Crippen LogP contribution in [-0.4, -0.2) is 77.9 Å². The molecule has 5 rings (SSSR count). The van der Waals surface area contributed by atoms with Gasteiger partial charge in [0.25, 0.3) is 5.92 Å². The van der Waals surface area contributed by atoms with Crippen LogP contribution < -0.4 is 5.32 Å². The summed E-state index contributed by atoms with van der Waals surface area (Å²) in [7, 11) is 0. The van der Waals surface area contributed by atoms with Crippen LogP contribution in [0.25, 0.3) is 10.9 Å². The second kappa shape index (κ2) is 10.2. The number of aliphatic hydroxyl groups excluding tert-OH is 1. The fraction of sp³-hybridized carbons (Fsp3) is 0.462. The lowest BCUT2D eigenvalue weighted by atomic mass is 9.91. The molecule has 37 heavy (non-hydrogen) atoms. The zero-order valence-corrected chi connectivity index (χ0v) is 20.0. The van der Waals surface area contributed by atoms with Crippen LogP contribution in [0.2, 0.25) is 0 Å². The molecule has 2 aliphatic rings. The second-order valence-corrected chi connectivity index (χ2v) is 9.84.